The van der Waals surface area contributed by atoms with Crippen molar-refractivity contribution in [3.8, 4) is 0 Å². The summed E-state index contributed by atoms with van der Waals surface area (Å²) >= 11 is 6.40. The topological polar surface area (TPSA) is 46.1 Å². The highest BCUT2D eigenvalue weighted by atomic mass is 79.9. The summed E-state index contributed by atoms with van der Waals surface area (Å²) < 4.78 is 1.87. The van der Waals surface area contributed by atoms with Crippen molar-refractivity contribution in [2.24, 2.45) is 0 Å². The minimum Gasteiger partial charge on any atom is -0.334 e. The summed E-state index contributed by atoms with van der Waals surface area (Å²) in [6.07, 6.45) is 0. The van der Waals surface area contributed by atoms with Crippen LogP contribution >= 0.6 is 38.6 Å². The monoisotopic (exact) mass is 381 g/mol. The molecule has 0 aliphatic carbocycles. The molecule has 0 N–H and O–H groups in total. The molecule has 7 heteroatoms. The molecule has 0 aliphatic heterocycles. The number of nitrogens with zero attached hydrogens (tertiary/aromatic N) is 3. The number of fused-ring (bicyclic) bond motifs is 1. The van der Waals surface area contributed by atoms with Crippen LogP contribution in [0.2, 0.25) is 0 Å². The van der Waals surface area contributed by atoms with E-state index in [9.17, 15) is 4.79 Å². The number of rotatable bonds is 3. The fourth-order valence-corrected chi connectivity index (χ4v) is 4.55. The highest BCUT2D eigenvalue weighted by Crippen LogP contribution is 2.25. The first-order chi connectivity index (χ1) is 10.0. The second kappa shape index (κ2) is 5.82. The Hall–Kier alpha value is -1.31. The Morgan fingerprint density at radius 2 is 2.05 bits per heavy atom. The first-order valence-corrected chi connectivity index (χ1v) is 8.70. The molecule has 2 heterocycles. The largest absolute Gasteiger partial charge is 0.334 e. The van der Waals surface area contributed by atoms with Crippen molar-refractivity contribution in [2.45, 2.75) is 13.5 Å². The fraction of sp³-hybridized carbons (Fsp3) is 0.214. The second-order valence-electron chi connectivity index (χ2n) is 4.61. The molecular weight excluding hydrogens is 370 g/mol. The van der Waals surface area contributed by atoms with E-state index < -0.39 is 0 Å². The Labute approximate surface area is 138 Å². The molecule has 0 unspecified atom stereocenters. The van der Waals surface area contributed by atoms with Crippen LogP contribution in [-0.4, -0.2) is 27.8 Å². The van der Waals surface area contributed by atoms with Crippen molar-refractivity contribution in [2.75, 3.05) is 7.05 Å². The summed E-state index contributed by atoms with van der Waals surface area (Å²) in [5.74, 6) is -0.0753. The van der Waals surface area contributed by atoms with Crippen molar-refractivity contribution < 1.29 is 4.79 Å². The molecule has 0 spiro atoms. The number of hydrogen-bond donors (Lipinski definition) is 0. The molecule has 2 aromatic heterocycles. The van der Waals surface area contributed by atoms with Gasteiger partial charge in [-0.15, -0.1) is 22.7 Å². The molecule has 0 bridgehead atoms. The number of para-hydroxylation sites is 1. The lowest BCUT2D eigenvalue weighted by Gasteiger charge is -2.14. The zero-order valence-corrected chi connectivity index (χ0v) is 14.7. The van der Waals surface area contributed by atoms with Gasteiger partial charge >= 0.3 is 0 Å². The number of amides is 1. The van der Waals surface area contributed by atoms with Crippen LogP contribution in [0, 0.1) is 6.92 Å². The Kier molecular flexibility index (Phi) is 4.05. The minimum atomic E-state index is -0.0753. The van der Waals surface area contributed by atoms with Crippen molar-refractivity contribution in [1.82, 2.24) is 14.9 Å². The summed E-state index contributed by atoms with van der Waals surface area (Å²) in [7, 11) is 1.78. The summed E-state index contributed by atoms with van der Waals surface area (Å²) in [6, 6.07) is 7.99. The average molecular weight is 382 g/mol. The van der Waals surface area contributed by atoms with Crippen LogP contribution in [0.3, 0.4) is 0 Å². The number of carbonyl (C=O) groups is 1. The number of aryl methyl sites for hydroxylation is 1. The zero-order chi connectivity index (χ0) is 15.0. The Morgan fingerprint density at radius 3 is 2.71 bits per heavy atom. The molecule has 21 heavy (non-hydrogen) atoms. The van der Waals surface area contributed by atoms with Gasteiger partial charge in [0.1, 0.15) is 10.7 Å². The lowest BCUT2D eigenvalue weighted by Crippen LogP contribution is -2.27. The number of halogens is 1. The minimum absolute atomic E-state index is 0.0753. The first kappa shape index (κ1) is 14.6. The van der Waals surface area contributed by atoms with Gasteiger partial charge in [-0.3, -0.25) is 4.79 Å². The van der Waals surface area contributed by atoms with E-state index in [1.165, 1.54) is 11.3 Å². The Morgan fingerprint density at radius 1 is 1.29 bits per heavy atom. The molecule has 0 aliphatic rings. The molecule has 0 atom stereocenters. The second-order valence-corrected chi connectivity index (χ2v) is 8.20. The van der Waals surface area contributed by atoms with E-state index in [0.717, 1.165) is 24.0 Å². The quantitative estimate of drug-likeness (QED) is 0.685. The molecule has 3 aromatic rings. The molecule has 4 nitrogen and oxygen atoms in total. The van der Waals surface area contributed by atoms with E-state index in [1.54, 1.807) is 23.3 Å². The third-order valence-corrected chi connectivity index (χ3v) is 5.47. The maximum atomic E-state index is 12.4. The molecule has 3 rings (SSSR count). The summed E-state index contributed by atoms with van der Waals surface area (Å²) in [6.45, 7) is 2.40. The molecule has 1 aromatic carbocycles. The number of thiazole rings is 2. The van der Waals surface area contributed by atoms with Gasteiger partial charge in [-0.25, -0.2) is 9.97 Å². The highest BCUT2D eigenvalue weighted by Gasteiger charge is 2.19. The van der Waals surface area contributed by atoms with E-state index >= 15 is 0 Å². The van der Waals surface area contributed by atoms with Crippen molar-refractivity contribution in [1.29, 1.82) is 0 Å². The van der Waals surface area contributed by atoms with Crippen LogP contribution in [0.5, 0.6) is 0 Å². The van der Waals surface area contributed by atoms with Gasteiger partial charge in [0, 0.05) is 11.9 Å². The van der Waals surface area contributed by atoms with Crippen molar-refractivity contribution in [3.05, 3.63) is 43.8 Å². The molecule has 108 valence electrons. The van der Waals surface area contributed by atoms with Gasteiger partial charge in [-0.2, -0.15) is 0 Å². The lowest BCUT2D eigenvalue weighted by molar-refractivity contribution is 0.0779. The van der Waals surface area contributed by atoms with Crippen LogP contribution in [0.15, 0.2) is 28.2 Å². The van der Waals surface area contributed by atoms with E-state index in [4.69, 9.17) is 0 Å². The predicted octanol–water partition coefficient (Wildman–Crippen LogP) is 4.10. The third-order valence-electron chi connectivity index (χ3n) is 3.03. The van der Waals surface area contributed by atoms with Gasteiger partial charge in [0.25, 0.3) is 5.91 Å². The van der Waals surface area contributed by atoms with E-state index in [0.29, 0.717) is 12.2 Å². The van der Waals surface area contributed by atoms with E-state index in [2.05, 4.69) is 25.9 Å². The predicted molar refractivity (Wildman–Crippen MR) is 90.0 cm³/mol. The molecule has 0 saturated heterocycles. The summed E-state index contributed by atoms with van der Waals surface area (Å²) in [5, 5.41) is 0.930. The number of aromatic nitrogens is 2. The van der Waals surface area contributed by atoms with Gasteiger partial charge < -0.3 is 4.90 Å². The van der Waals surface area contributed by atoms with Crippen LogP contribution < -0.4 is 0 Å². The van der Waals surface area contributed by atoms with Gasteiger partial charge in [0.15, 0.2) is 3.92 Å². The highest BCUT2D eigenvalue weighted by molar-refractivity contribution is 9.11. The molecular formula is C14H12BrN3OS2. The summed E-state index contributed by atoms with van der Waals surface area (Å²) in [5.41, 5.74) is 1.49. The van der Waals surface area contributed by atoms with Crippen LogP contribution in [0.25, 0.3) is 10.2 Å². The van der Waals surface area contributed by atoms with Gasteiger partial charge in [0.05, 0.1) is 16.8 Å². The fourth-order valence-electron chi connectivity index (χ4n) is 2.01. The SMILES string of the molecule is Cc1sc(Br)nc1C(=O)N(C)Cc1nc2ccccc2s1. The smallest absolute Gasteiger partial charge is 0.273 e. The zero-order valence-electron chi connectivity index (χ0n) is 11.5. The molecule has 0 saturated carbocycles. The third kappa shape index (κ3) is 3.00. The van der Waals surface area contributed by atoms with Crippen LogP contribution in [0.1, 0.15) is 20.4 Å². The van der Waals surface area contributed by atoms with Gasteiger partial charge in [0.2, 0.25) is 0 Å². The van der Waals surface area contributed by atoms with E-state index in [1.807, 2.05) is 31.2 Å². The number of hydrogen-bond acceptors (Lipinski definition) is 5. The molecule has 1 amide bonds. The number of carbonyl (C=O) groups excluding carboxylic acids is 1. The van der Waals surface area contributed by atoms with E-state index in [-0.39, 0.29) is 5.91 Å². The molecule has 0 fully saturated rings. The normalized spacial score (nSPS) is 11.0. The van der Waals surface area contributed by atoms with Crippen LogP contribution in [0.4, 0.5) is 0 Å². The summed E-state index contributed by atoms with van der Waals surface area (Å²) in [4.78, 5) is 23.8. The van der Waals surface area contributed by atoms with Crippen molar-refractivity contribution >= 4 is 54.7 Å². The average Bonchev–Trinajstić information content (AvgIpc) is 3.00. The van der Waals surface area contributed by atoms with Crippen LogP contribution in [-0.2, 0) is 6.54 Å². The Bertz CT molecular complexity index is 779. The maximum Gasteiger partial charge on any atom is 0.273 e. The lowest BCUT2D eigenvalue weighted by atomic mass is 10.3. The first-order valence-electron chi connectivity index (χ1n) is 6.27. The number of benzene rings is 1. The Balaban J connectivity index is 1.80. The van der Waals surface area contributed by atoms with Gasteiger partial charge in [-0.1, -0.05) is 12.1 Å². The molecule has 0 radical (unpaired) electrons. The standard InChI is InChI=1S/C14H12BrN3OS2/c1-8-12(17-14(15)20-8)13(19)18(2)7-11-16-9-5-3-4-6-10(9)21-11/h3-6H,7H2,1-2H3. The maximum absolute atomic E-state index is 12.4. The van der Waals surface area contributed by atoms with Crippen molar-refractivity contribution in [3.63, 3.8) is 0 Å². The van der Waals surface area contributed by atoms with Gasteiger partial charge in [-0.05, 0) is 35.0 Å².